The lowest BCUT2D eigenvalue weighted by Crippen LogP contribution is -2.31. The fourth-order valence-corrected chi connectivity index (χ4v) is 3.31. The minimum atomic E-state index is -5.08. The average molecular weight is 539 g/mol. The summed E-state index contributed by atoms with van der Waals surface area (Å²) in [5, 5.41) is 9.82. The molecule has 3 aromatic rings. The average Bonchev–Trinajstić information content (AvgIpc) is 3.23. The first-order valence-electron chi connectivity index (χ1n) is 10.0. The lowest BCUT2D eigenvalue weighted by molar-refractivity contribution is -0.192. The molecule has 198 valence electrons. The van der Waals surface area contributed by atoms with E-state index >= 15 is 0 Å². The molecular formula is C22H14F9N3O3. The molecule has 0 aliphatic carbocycles. The van der Waals surface area contributed by atoms with Crippen LogP contribution in [0.2, 0.25) is 0 Å². The molecule has 0 fully saturated rings. The second-order valence-corrected chi connectivity index (χ2v) is 7.61. The summed E-state index contributed by atoms with van der Waals surface area (Å²) in [5.74, 6) is -3.01. The fraction of sp³-hybridized carbons (Fsp3) is 0.227. The Bertz CT molecular complexity index is 1290. The third kappa shape index (κ3) is 6.59. The third-order valence-corrected chi connectivity index (χ3v) is 5.00. The van der Waals surface area contributed by atoms with E-state index in [1.807, 2.05) is 0 Å². The number of amides is 1. The number of fused-ring (bicyclic) bond motifs is 1. The molecule has 0 radical (unpaired) electrons. The Hall–Kier alpha value is -4.04. The highest BCUT2D eigenvalue weighted by atomic mass is 19.4. The molecule has 0 saturated heterocycles. The number of alkyl halides is 9. The molecule has 2 aromatic heterocycles. The van der Waals surface area contributed by atoms with Gasteiger partial charge in [-0.25, -0.2) is 4.79 Å². The van der Waals surface area contributed by atoms with Gasteiger partial charge < -0.3 is 15.4 Å². The number of aromatic amines is 1. The number of aromatic nitrogens is 2. The Morgan fingerprint density at radius 3 is 1.92 bits per heavy atom. The minimum Gasteiger partial charge on any atom is -0.475 e. The maximum absolute atomic E-state index is 13.1. The van der Waals surface area contributed by atoms with E-state index in [4.69, 9.17) is 9.90 Å². The van der Waals surface area contributed by atoms with E-state index in [0.29, 0.717) is 47.6 Å². The molecule has 1 aliphatic rings. The van der Waals surface area contributed by atoms with E-state index < -0.39 is 35.6 Å². The molecule has 0 unspecified atom stereocenters. The lowest BCUT2D eigenvalue weighted by Gasteiger charge is -2.14. The predicted molar refractivity (Wildman–Crippen MR) is 109 cm³/mol. The number of benzene rings is 1. The molecule has 4 rings (SSSR count). The smallest absolute Gasteiger partial charge is 0.475 e. The molecule has 0 bridgehead atoms. The Morgan fingerprint density at radius 1 is 0.865 bits per heavy atom. The number of halogens is 9. The maximum Gasteiger partial charge on any atom is 0.490 e. The van der Waals surface area contributed by atoms with Crippen LogP contribution in [-0.2, 0) is 23.6 Å². The Morgan fingerprint density at radius 2 is 1.43 bits per heavy atom. The zero-order chi connectivity index (χ0) is 27.8. The fourth-order valence-electron chi connectivity index (χ4n) is 3.31. The predicted octanol–water partition coefficient (Wildman–Crippen LogP) is 5.70. The van der Waals surface area contributed by atoms with E-state index in [1.165, 1.54) is 12.3 Å². The van der Waals surface area contributed by atoms with Crippen LogP contribution in [0, 0.1) is 0 Å². The van der Waals surface area contributed by atoms with Crippen molar-refractivity contribution < 1.29 is 54.2 Å². The molecule has 1 amide bonds. The van der Waals surface area contributed by atoms with Crippen molar-refractivity contribution in [2.75, 3.05) is 6.54 Å². The van der Waals surface area contributed by atoms with Gasteiger partial charge in [-0.05, 0) is 36.4 Å². The topological polar surface area (TPSA) is 95.1 Å². The lowest BCUT2D eigenvalue weighted by atomic mass is 10.0. The highest BCUT2D eigenvalue weighted by Crippen LogP contribution is 2.38. The van der Waals surface area contributed by atoms with Crippen LogP contribution in [0.5, 0.6) is 0 Å². The summed E-state index contributed by atoms with van der Waals surface area (Å²) in [7, 11) is 0. The largest absolute Gasteiger partial charge is 0.490 e. The quantitative estimate of drug-likeness (QED) is 0.364. The molecule has 0 atom stereocenters. The molecule has 15 heteroatoms. The van der Waals surface area contributed by atoms with Crippen molar-refractivity contribution >= 4 is 11.9 Å². The molecule has 0 spiro atoms. The van der Waals surface area contributed by atoms with E-state index in [1.54, 1.807) is 12.1 Å². The van der Waals surface area contributed by atoms with Crippen LogP contribution in [0.4, 0.5) is 39.5 Å². The van der Waals surface area contributed by atoms with Crippen molar-refractivity contribution in [2.45, 2.75) is 24.9 Å². The van der Waals surface area contributed by atoms with Crippen molar-refractivity contribution in [1.29, 1.82) is 0 Å². The number of nitrogens with zero attached hydrogens (tertiary/aromatic N) is 1. The first-order chi connectivity index (χ1) is 17.0. The molecule has 1 aromatic carbocycles. The monoisotopic (exact) mass is 539 g/mol. The third-order valence-electron chi connectivity index (χ3n) is 5.00. The summed E-state index contributed by atoms with van der Waals surface area (Å²) in [6.45, 7) is 0.470. The van der Waals surface area contributed by atoms with Crippen molar-refractivity contribution in [2.24, 2.45) is 0 Å². The zero-order valence-corrected chi connectivity index (χ0v) is 18.1. The van der Waals surface area contributed by atoms with Gasteiger partial charge in [-0.3, -0.25) is 9.78 Å². The first kappa shape index (κ1) is 27.5. The van der Waals surface area contributed by atoms with Crippen molar-refractivity contribution in [3.63, 3.8) is 0 Å². The van der Waals surface area contributed by atoms with Crippen LogP contribution in [0.25, 0.3) is 22.5 Å². The number of carbonyl (C=O) groups is 2. The number of pyridine rings is 1. The van der Waals surface area contributed by atoms with Crippen molar-refractivity contribution in [1.82, 2.24) is 15.3 Å². The molecular weight excluding hydrogens is 525 g/mol. The number of nitrogens with one attached hydrogen (secondary N) is 2. The van der Waals surface area contributed by atoms with Gasteiger partial charge >= 0.3 is 24.5 Å². The number of hydrogen-bond donors (Lipinski definition) is 3. The molecule has 37 heavy (non-hydrogen) atoms. The van der Waals surface area contributed by atoms with Gasteiger partial charge in [0.05, 0.1) is 22.4 Å². The van der Waals surface area contributed by atoms with Gasteiger partial charge in [0.25, 0.3) is 5.91 Å². The number of H-pyrrole nitrogens is 1. The van der Waals surface area contributed by atoms with Crippen LogP contribution in [0.1, 0.15) is 27.2 Å². The van der Waals surface area contributed by atoms with Gasteiger partial charge in [-0.2, -0.15) is 39.5 Å². The molecule has 1 aliphatic heterocycles. The standard InChI is InChI=1S/C20H13F6N3O.C2HF3O2/c21-19(22,23)12-5-11(6-13(8-12)20(24,25)26)16-7-10(1-3-27-16)17-9-14-15(29-17)2-4-28-18(14)30;3-2(4,5)1(6)7/h1,3,5-9,29H,2,4H2,(H,28,30);(H,6,7). The normalized spacial score (nSPS) is 13.8. The second-order valence-electron chi connectivity index (χ2n) is 7.61. The van der Waals surface area contributed by atoms with Gasteiger partial charge in [0.15, 0.2) is 0 Å². The minimum absolute atomic E-state index is 0.0545. The van der Waals surface area contributed by atoms with Crippen molar-refractivity contribution in [3.8, 4) is 22.5 Å². The summed E-state index contributed by atoms with van der Waals surface area (Å²) >= 11 is 0. The first-order valence-corrected chi connectivity index (χ1v) is 10.0. The summed E-state index contributed by atoms with van der Waals surface area (Å²) in [5.41, 5.74) is -1.03. The molecule has 3 N–H and O–H groups in total. The number of aliphatic carboxylic acids is 1. The molecule has 3 heterocycles. The second kappa shape index (κ2) is 9.78. The van der Waals surface area contributed by atoms with Crippen LogP contribution in [-0.4, -0.2) is 39.7 Å². The van der Waals surface area contributed by atoms with E-state index in [2.05, 4.69) is 15.3 Å². The van der Waals surface area contributed by atoms with E-state index in [9.17, 15) is 44.3 Å². The highest BCUT2D eigenvalue weighted by Gasteiger charge is 2.38. The van der Waals surface area contributed by atoms with Crippen molar-refractivity contribution in [3.05, 3.63) is 65.0 Å². The summed E-state index contributed by atoms with van der Waals surface area (Å²) in [4.78, 5) is 27.9. The number of carbonyl (C=O) groups excluding carboxylic acids is 1. The van der Waals surface area contributed by atoms with Crippen LogP contribution in [0.3, 0.4) is 0 Å². The Kier molecular flexibility index (Phi) is 7.28. The van der Waals surface area contributed by atoms with Gasteiger partial charge in [0.1, 0.15) is 0 Å². The van der Waals surface area contributed by atoms with Crippen LogP contribution < -0.4 is 5.32 Å². The Labute approximate surface area is 201 Å². The molecule has 0 saturated carbocycles. The molecule has 6 nitrogen and oxygen atoms in total. The van der Waals surface area contributed by atoms with Gasteiger partial charge in [0, 0.05) is 41.7 Å². The number of carboxylic acid groups (broad SMARTS) is 1. The number of hydrogen-bond acceptors (Lipinski definition) is 3. The van der Waals surface area contributed by atoms with Crippen LogP contribution in [0.15, 0.2) is 42.6 Å². The summed E-state index contributed by atoms with van der Waals surface area (Å²) in [6.07, 6.45) is -13.1. The van der Waals surface area contributed by atoms with Gasteiger partial charge in [0.2, 0.25) is 0 Å². The van der Waals surface area contributed by atoms with Gasteiger partial charge in [-0.1, -0.05) is 0 Å². The highest BCUT2D eigenvalue weighted by molar-refractivity contribution is 5.97. The van der Waals surface area contributed by atoms with E-state index in [-0.39, 0.29) is 23.2 Å². The zero-order valence-electron chi connectivity index (χ0n) is 18.1. The van der Waals surface area contributed by atoms with E-state index in [0.717, 1.165) is 0 Å². The number of carboxylic acids is 1. The summed E-state index contributed by atoms with van der Waals surface area (Å²) < 4.78 is 111. The summed E-state index contributed by atoms with van der Waals surface area (Å²) in [6, 6.07) is 5.87. The maximum atomic E-state index is 13.1. The number of rotatable bonds is 2. The Balaban J connectivity index is 0.000000479. The SMILES string of the molecule is O=C(O)C(F)(F)F.O=C1NCCc2[nH]c(-c3ccnc(-c4cc(C(F)(F)F)cc(C(F)(F)F)c4)c3)cc21. The van der Waals surface area contributed by atoms with Crippen LogP contribution >= 0.6 is 0 Å². The van der Waals surface area contributed by atoms with Gasteiger partial charge in [-0.15, -0.1) is 0 Å².